The highest BCUT2D eigenvalue weighted by Crippen LogP contribution is 2.14. The van der Waals surface area contributed by atoms with Gasteiger partial charge in [0.25, 0.3) is 0 Å². The van der Waals surface area contributed by atoms with Crippen molar-refractivity contribution >= 4 is 11.9 Å². The van der Waals surface area contributed by atoms with Gasteiger partial charge in [-0.2, -0.15) is 0 Å². The smallest absolute Gasteiger partial charge is 0.321 e. The summed E-state index contributed by atoms with van der Waals surface area (Å²) in [5, 5.41) is 4.63. The maximum Gasteiger partial charge on any atom is 0.321 e. The number of carbonyl (C=O) groups is 2. The second-order valence-electron chi connectivity index (χ2n) is 4.74. The normalized spacial score (nSPS) is 11.9. The number of ether oxygens (including phenoxy) is 1. The minimum absolute atomic E-state index is 0.331. The lowest BCUT2D eigenvalue weighted by Gasteiger charge is -2.23. The van der Waals surface area contributed by atoms with Crippen molar-refractivity contribution in [2.45, 2.75) is 26.4 Å². The van der Waals surface area contributed by atoms with Gasteiger partial charge in [-0.15, -0.1) is 0 Å². The Morgan fingerprint density at radius 3 is 2.43 bits per heavy atom. The zero-order chi connectivity index (χ0) is 15.8. The van der Waals surface area contributed by atoms with Gasteiger partial charge in [-0.05, 0) is 38.6 Å². The number of likely N-dealkylation sites (N-methyl/N-ethyl adjacent to an activating group) is 1. The summed E-state index contributed by atoms with van der Waals surface area (Å²) in [4.78, 5) is 24.8. The highest BCUT2D eigenvalue weighted by atomic mass is 16.5. The number of imide groups is 1. The summed E-state index contributed by atoms with van der Waals surface area (Å²) in [6, 6.07) is 6.83. The van der Waals surface area contributed by atoms with Crippen molar-refractivity contribution in [3.8, 4) is 5.75 Å². The van der Waals surface area contributed by atoms with E-state index in [1.807, 2.05) is 43.1 Å². The van der Waals surface area contributed by atoms with E-state index in [0.717, 1.165) is 11.3 Å². The largest absolute Gasteiger partial charge is 0.494 e. The molecular weight excluding hydrogens is 270 g/mol. The molecule has 0 unspecified atom stereocenters. The highest BCUT2D eigenvalue weighted by Gasteiger charge is 2.19. The summed E-state index contributed by atoms with van der Waals surface area (Å²) in [5.41, 5.74) is 1.07. The number of nitrogens with one attached hydrogen (secondary N) is 2. The number of hydrogen-bond donors (Lipinski definition) is 2. The summed E-state index contributed by atoms with van der Waals surface area (Å²) in [6.45, 7) is 4.94. The molecule has 0 aliphatic rings. The van der Waals surface area contributed by atoms with Crippen LogP contribution in [0.3, 0.4) is 0 Å². The number of carbonyl (C=O) groups excluding carboxylic acids is 2. The third kappa shape index (κ3) is 5.43. The fraction of sp³-hybridized carbons (Fsp3) is 0.467. The number of urea groups is 1. The van der Waals surface area contributed by atoms with Crippen LogP contribution in [0.15, 0.2) is 24.3 Å². The van der Waals surface area contributed by atoms with Gasteiger partial charge in [0.1, 0.15) is 5.75 Å². The van der Waals surface area contributed by atoms with Crippen LogP contribution in [0.2, 0.25) is 0 Å². The molecule has 0 spiro atoms. The molecule has 0 radical (unpaired) electrons. The van der Waals surface area contributed by atoms with Crippen molar-refractivity contribution in [2.75, 3.05) is 20.7 Å². The zero-order valence-corrected chi connectivity index (χ0v) is 13.0. The molecule has 0 saturated carbocycles. The van der Waals surface area contributed by atoms with E-state index >= 15 is 0 Å². The second kappa shape index (κ2) is 8.26. The Kier molecular flexibility index (Phi) is 6.68. The summed E-state index contributed by atoms with van der Waals surface area (Å²) >= 11 is 0. The van der Waals surface area contributed by atoms with Gasteiger partial charge in [-0.25, -0.2) is 4.79 Å². The van der Waals surface area contributed by atoms with Crippen LogP contribution in [0.5, 0.6) is 5.75 Å². The first-order chi connectivity index (χ1) is 9.97. The molecule has 0 saturated heterocycles. The van der Waals surface area contributed by atoms with Gasteiger partial charge in [0.2, 0.25) is 5.91 Å². The molecule has 3 amide bonds. The summed E-state index contributed by atoms with van der Waals surface area (Å²) < 4.78 is 5.39. The molecule has 1 aromatic carbocycles. The van der Waals surface area contributed by atoms with Gasteiger partial charge in [0.15, 0.2) is 0 Å². The first-order valence-corrected chi connectivity index (χ1v) is 6.92. The van der Waals surface area contributed by atoms with Gasteiger partial charge in [-0.1, -0.05) is 12.1 Å². The fourth-order valence-corrected chi connectivity index (χ4v) is 1.76. The average Bonchev–Trinajstić information content (AvgIpc) is 2.48. The number of rotatable bonds is 6. The number of benzene rings is 1. The molecule has 0 aliphatic carbocycles. The Hall–Kier alpha value is -2.08. The van der Waals surface area contributed by atoms with Gasteiger partial charge >= 0.3 is 6.03 Å². The third-order valence-electron chi connectivity index (χ3n) is 3.17. The molecule has 0 aromatic heterocycles. The van der Waals surface area contributed by atoms with E-state index in [1.54, 1.807) is 6.92 Å². The highest BCUT2D eigenvalue weighted by molar-refractivity contribution is 5.96. The lowest BCUT2D eigenvalue weighted by molar-refractivity contribution is -0.124. The maximum absolute atomic E-state index is 11.8. The SMILES string of the molecule is CCOc1ccc(CN(C)[C@H](C)C(=O)NC(=O)NC)cc1. The van der Waals surface area contributed by atoms with E-state index in [1.165, 1.54) is 7.05 Å². The monoisotopic (exact) mass is 293 g/mol. The van der Waals surface area contributed by atoms with Crippen LogP contribution in [-0.4, -0.2) is 43.6 Å². The van der Waals surface area contributed by atoms with E-state index in [2.05, 4.69) is 10.6 Å². The van der Waals surface area contributed by atoms with Crippen LogP contribution in [0.1, 0.15) is 19.4 Å². The Morgan fingerprint density at radius 1 is 1.29 bits per heavy atom. The summed E-state index contributed by atoms with van der Waals surface area (Å²) in [5.74, 6) is 0.497. The van der Waals surface area contributed by atoms with Crippen LogP contribution >= 0.6 is 0 Å². The molecule has 1 atom stereocenters. The van der Waals surface area contributed by atoms with Gasteiger partial charge in [0.05, 0.1) is 12.6 Å². The van der Waals surface area contributed by atoms with Crippen LogP contribution in [-0.2, 0) is 11.3 Å². The van der Waals surface area contributed by atoms with E-state index in [-0.39, 0.29) is 5.91 Å². The molecule has 6 nitrogen and oxygen atoms in total. The predicted molar refractivity (Wildman–Crippen MR) is 81.1 cm³/mol. The van der Waals surface area contributed by atoms with Crippen molar-refractivity contribution < 1.29 is 14.3 Å². The van der Waals surface area contributed by atoms with Gasteiger partial charge in [-0.3, -0.25) is 15.0 Å². The maximum atomic E-state index is 11.8. The molecule has 0 fully saturated rings. The standard InChI is InChI=1S/C15H23N3O3/c1-5-21-13-8-6-12(7-9-13)10-18(4)11(2)14(19)17-15(20)16-3/h6-9,11H,5,10H2,1-4H3,(H2,16,17,19,20)/t11-/m1/s1. The van der Waals surface area contributed by atoms with Crippen molar-refractivity contribution in [1.29, 1.82) is 0 Å². The van der Waals surface area contributed by atoms with E-state index in [9.17, 15) is 9.59 Å². The third-order valence-corrected chi connectivity index (χ3v) is 3.17. The molecule has 6 heteroatoms. The van der Waals surface area contributed by atoms with Crippen molar-refractivity contribution in [3.05, 3.63) is 29.8 Å². The Labute approximate surface area is 125 Å². The minimum atomic E-state index is -0.499. The van der Waals surface area contributed by atoms with Crippen LogP contribution in [0.25, 0.3) is 0 Å². The summed E-state index contributed by atoms with van der Waals surface area (Å²) in [6.07, 6.45) is 0. The molecule has 116 valence electrons. The number of hydrogen-bond acceptors (Lipinski definition) is 4. The van der Waals surface area contributed by atoms with Crippen LogP contribution < -0.4 is 15.4 Å². The molecule has 0 aliphatic heterocycles. The molecule has 0 bridgehead atoms. The zero-order valence-electron chi connectivity index (χ0n) is 13.0. The molecule has 1 aromatic rings. The fourth-order valence-electron chi connectivity index (χ4n) is 1.76. The quantitative estimate of drug-likeness (QED) is 0.831. The Morgan fingerprint density at radius 2 is 1.90 bits per heavy atom. The number of amides is 3. The first kappa shape index (κ1) is 17.0. The molecule has 2 N–H and O–H groups in total. The van der Waals surface area contributed by atoms with Crippen molar-refractivity contribution in [1.82, 2.24) is 15.5 Å². The summed E-state index contributed by atoms with van der Waals surface area (Å²) in [7, 11) is 3.31. The molecule has 1 rings (SSSR count). The first-order valence-electron chi connectivity index (χ1n) is 6.92. The lowest BCUT2D eigenvalue weighted by atomic mass is 10.2. The van der Waals surface area contributed by atoms with E-state index < -0.39 is 12.1 Å². The topological polar surface area (TPSA) is 70.7 Å². The number of nitrogens with zero attached hydrogens (tertiary/aromatic N) is 1. The average molecular weight is 293 g/mol. The lowest BCUT2D eigenvalue weighted by Crippen LogP contribution is -2.47. The van der Waals surface area contributed by atoms with Crippen LogP contribution in [0.4, 0.5) is 4.79 Å². The van der Waals surface area contributed by atoms with Crippen molar-refractivity contribution in [2.24, 2.45) is 0 Å². The molecular formula is C15H23N3O3. The second-order valence-corrected chi connectivity index (χ2v) is 4.74. The van der Waals surface area contributed by atoms with E-state index in [0.29, 0.717) is 13.2 Å². The van der Waals surface area contributed by atoms with E-state index in [4.69, 9.17) is 4.74 Å². The minimum Gasteiger partial charge on any atom is -0.494 e. The molecule has 21 heavy (non-hydrogen) atoms. The van der Waals surface area contributed by atoms with Gasteiger partial charge in [0, 0.05) is 13.6 Å². The van der Waals surface area contributed by atoms with Gasteiger partial charge < -0.3 is 10.1 Å². The Balaban J connectivity index is 2.56. The van der Waals surface area contributed by atoms with Crippen LogP contribution in [0, 0.1) is 0 Å². The predicted octanol–water partition coefficient (Wildman–Crippen LogP) is 1.36. The van der Waals surface area contributed by atoms with Crippen molar-refractivity contribution in [3.63, 3.8) is 0 Å². The molecule has 0 heterocycles. The Bertz CT molecular complexity index is 474.